The fourth-order valence-electron chi connectivity index (χ4n) is 2.81. The Hall–Kier alpha value is -3.21. The first-order chi connectivity index (χ1) is 12.7. The van der Waals surface area contributed by atoms with Gasteiger partial charge in [-0.1, -0.05) is 24.3 Å². The van der Waals surface area contributed by atoms with Gasteiger partial charge < -0.3 is 9.64 Å². The van der Waals surface area contributed by atoms with Crippen LogP contribution in [0.1, 0.15) is 27.0 Å². The third kappa shape index (κ3) is 4.25. The van der Waals surface area contributed by atoms with Crippen LogP contribution in [0.15, 0.2) is 67.3 Å². The lowest BCUT2D eigenvalue weighted by Crippen LogP contribution is -2.30. The van der Waals surface area contributed by atoms with Crippen molar-refractivity contribution >= 4 is 5.91 Å². The number of ether oxygens (including phenoxy) is 1. The van der Waals surface area contributed by atoms with Gasteiger partial charge in [0.2, 0.25) is 0 Å². The number of aromatic nitrogens is 2. The van der Waals surface area contributed by atoms with Crippen LogP contribution in [-0.4, -0.2) is 27.9 Å². The van der Waals surface area contributed by atoms with Crippen LogP contribution in [0.2, 0.25) is 0 Å². The van der Waals surface area contributed by atoms with Gasteiger partial charge in [0.05, 0.1) is 12.7 Å². The zero-order chi connectivity index (χ0) is 18.4. The summed E-state index contributed by atoms with van der Waals surface area (Å²) in [5.74, 6) is 0.690. The maximum Gasteiger partial charge on any atom is 0.256 e. The van der Waals surface area contributed by atoms with Gasteiger partial charge in [0, 0.05) is 43.4 Å². The summed E-state index contributed by atoms with van der Waals surface area (Å²) in [6.07, 6.45) is 6.84. The van der Waals surface area contributed by atoms with Crippen molar-refractivity contribution in [3.8, 4) is 5.75 Å². The Morgan fingerprint density at radius 3 is 2.62 bits per heavy atom. The average Bonchev–Trinajstić information content (AvgIpc) is 2.68. The van der Waals surface area contributed by atoms with E-state index in [9.17, 15) is 4.79 Å². The summed E-state index contributed by atoms with van der Waals surface area (Å²) in [5.41, 5.74) is 3.45. The van der Waals surface area contributed by atoms with Gasteiger partial charge in [-0.3, -0.25) is 14.8 Å². The van der Waals surface area contributed by atoms with E-state index in [-0.39, 0.29) is 5.91 Å². The molecule has 0 radical (unpaired) electrons. The predicted octanol–water partition coefficient (Wildman–Crippen LogP) is 3.64. The molecule has 5 nitrogen and oxygen atoms in total. The van der Waals surface area contributed by atoms with E-state index in [1.807, 2.05) is 49.4 Å². The summed E-state index contributed by atoms with van der Waals surface area (Å²) in [7, 11) is 1.64. The summed E-state index contributed by atoms with van der Waals surface area (Å²) in [4.78, 5) is 23.2. The minimum absolute atomic E-state index is 0.0732. The number of nitrogens with zero attached hydrogens (tertiary/aromatic N) is 3. The van der Waals surface area contributed by atoms with Crippen LogP contribution in [0, 0.1) is 6.92 Å². The zero-order valence-electron chi connectivity index (χ0n) is 14.9. The molecule has 0 fully saturated rings. The molecule has 2 heterocycles. The maximum absolute atomic E-state index is 13.1. The predicted molar refractivity (Wildman–Crippen MR) is 99.8 cm³/mol. The molecule has 0 aliphatic carbocycles. The van der Waals surface area contributed by atoms with Crippen molar-refractivity contribution in [3.05, 3.63) is 89.5 Å². The molecule has 3 aromatic rings. The highest BCUT2D eigenvalue weighted by atomic mass is 16.5. The number of methoxy groups -OCH3 is 1. The standard InChI is InChI=1S/C21H21N3O2/c1-16-10-19(13-23-11-16)21(25)24(14-17-6-5-9-22-12-17)15-18-7-3-4-8-20(18)26-2/h3-13H,14-15H2,1-2H3. The highest BCUT2D eigenvalue weighted by Crippen LogP contribution is 2.21. The second-order valence-corrected chi connectivity index (χ2v) is 6.09. The van der Waals surface area contributed by atoms with Crippen molar-refractivity contribution in [2.24, 2.45) is 0 Å². The molecule has 0 atom stereocenters. The minimum atomic E-state index is -0.0732. The lowest BCUT2D eigenvalue weighted by Gasteiger charge is -2.24. The quantitative estimate of drug-likeness (QED) is 0.683. The molecule has 0 spiro atoms. The van der Waals surface area contributed by atoms with Crippen LogP contribution in [0.3, 0.4) is 0 Å². The van der Waals surface area contributed by atoms with Gasteiger partial charge in [0.25, 0.3) is 5.91 Å². The Morgan fingerprint density at radius 1 is 1.04 bits per heavy atom. The molecule has 2 aromatic heterocycles. The molecular weight excluding hydrogens is 326 g/mol. The molecule has 5 heteroatoms. The topological polar surface area (TPSA) is 55.3 Å². The van der Waals surface area contributed by atoms with Crippen LogP contribution < -0.4 is 4.74 Å². The van der Waals surface area contributed by atoms with Crippen LogP contribution >= 0.6 is 0 Å². The summed E-state index contributed by atoms with van der Waals surface area (Å²) >= 11 is 0. The molecule has 0 aliphatic rings. The number of carbonyl (C=O) groups excluding carboxylic acids is 1. The molecule has 0 bridgehead atoms. The molecule has 0 unspecified atom stereocenters. The van der Waals surface area contributed by atoms with E-state index < -0.39 is 0 Å². The molecule has 3 rings (SSSR count). The lowest BCUT2D eigenvalue weighted by atomic mass is 10.1. The van der Waals surface area contributed by atoms with Gasteiger partial charge in [-0.25, -0.2) is 0 Å². The molecule has 0 aliphatic heterocycles. The number of para-hydroxylation sites is 1. The third-order valence-corrected chi connectivity index (χ3v) is 4.06. The second-order valence-electron chi connectivity index (χ2n) is 6.09. The maximum atomic E-state index is 13.1. The van der Waals surface area contributed by atoms with Crippen molar-refractivity contribution in [3.63, 3.8) is 0 Å². The summed E-state index contributed by atoms with van der Waals surface area (Å²) < 4.78 is 5.44. The number of pyridine rings is 2. The van der Waals surface area contributed by atoms with E-state index in [1.165, 1.54) is 0 Å². The van der Waals surface area contributed by atoms with Gasteiger partial charge in [0.1, 0.15) is 5.75 Å². The number of benzene rings is 1. The van der Waals surface area contributed by atoms with Gasteiger partial charge in [-0.15, -0.1) is 0 Å². The minimum Gasteiger partial charge on any atom is -0.496 e. The highest BCUT2D eigenvalue weighted by molar-refractivity contribution is 5.94. The zero-order valence-corrected chi connectivity index (χ0v) is 14.9. The van der Waals surface area contributed by atoms with Crippen molar-refractivity contribution in [1.29, 1.82) is 0 Å². The number of carbonyl (C=O) groups is 1. The molecule has 132 valence electrons. The molecule has 1 aromatic carbocycles. The molecular formula is C21H21N3O2. The fraction of sp³-hybridized carbons (Fsp3) is 0.190. The van der Waals surface area contributed by atoms with Gasteiger partial charge in [0.15, 0.2) is 0 Å². The number of aryl methyl sites for hydroxylation is 1. The molecule has 1 amide bonds. The number of hydrogen-bond acceptors (Lipinski definition) is 4. The van der Waals surface area contributed by atoms with E-state index in [0.29, 0.717) is 18.7 Å². The van der Waals surface area contributed by atoms with Crippen molar-refractivity contribution in [2.75, 3.05) is 7.11 Å². The monoisotopic (exact) mass is 347 g/mol. The van der Waals surface area contributed by atoms with E-state index in [0.717, 1.165) is 22.4 Å². The normalized spacial score (nSPS) is 10.4. The molecule has 0 saturated heterocycles. The van der Waals surface area contributed by atoms with Crippen molar-refractivity contribution in [2.45, 2.75) is 20.0 Å². The third-order valence-electron chi connectivity index (χ3n) is 4.06. The van der Waals surface area contributed by atoms with Crippen LogP contribution in [-0.2, 0) is 13.1 Å². The van der Waals surface area contributed by atoms with E-state index in [1.54, 1.807) is 36.8 Å². The second kappa shape index (κ2) is 8.25. The van der Waals surface area contributed by atoms with Crippen molar-refractivity contribution in [1.82, 2.24) is 14.9 Å². The Bertz CT molecular complexity index is 881. The summed E-state index contributed by atoms with van der Waals surface area (Å²) in [6, 6.07) is 13.4. The SMILES string of the molecule is COc1ccccc1CN(Cc1cccnc1)C(=O)c1cncc(C)c1. The van der Waals surface area contributed by atoms with Gasteiger partial charge in [-0.2, -0.15) is 0 Å². The van der Waals surface area contributed by atoms with E-state index >= 15 is 0 Å². The van der Waals surface area contributed by atoms with Gasteiger partial charge >= 0.3 is 0 Å². The largest absolute Gasteiger partial charge is 0.496 e. The average molecular weight is 347 g/mol. The van der Waals surface area contributed by atoms with E-state index in [2.05, 4.69) is 9.97 Å². The lowest BCUT2D eigenvalue weighted by molar-refractivity contribution is 0.0728. The summed E-state index contributed by atoms with van der Waals surface area (Å²) in [5, 5.41) is 0. The molecule has 0 saturated carbocycles. The first-order valence-electron chi connectivity index (χ1n) is 8.39. The van der Waals surface area contributed by atoms with Crippen LogP contribution in [0.25, 0.3) is 0 Å². The Labute approximate surface area is 153 Å². The molecule has 26 heavy (non-hydrogen) atoms. The van der Waals surface area contributed by atoms with Crippen LogP contribution in [0.5, 0.6) is 5.75 Å². The van der Waals surface area contributed by atoms with Crippen LogP contribution in [0.4, 0.5) is 0 Å². The number of amides is 1. The Kier molecular flexibility index (Phi) is 5.59. The number of hydrogen-bond donors (Lipinski definition) is 0. The Balaban J connectivity index is 1.92. The summed E-state index contributed by atoms with van der Waals surface area (Å²) in [6.45, 7) is 2.82. The van der Waals surface area contributed by atoms with Gasteiger partial charge in [-0.05, 0) is 36.2 Å². The van der Waals surface area contributed by atoms with Crippen molar-refractivity contribution < 1.29 is 9.53 Å². The fourth-order valence-corrected chi connectivity index (χ4v) is 2.81. The highest BCUT2D eigenvalue weighted by Gasteiger charge is 2.19. The van der Waals surface area contributed by atoms with E-state index in [4.69, 9.17) is 4.74 Å². The number of rotatable bonds is 6. The Morgan fingerprint density at radius 2 is 1.88 bits per heavy atom. The smallest absolute Gasteiger partial charge is 0.256 e. The first kappa shape index (κ1) is 17.6. The first-order valence-corrected chi connectivity index (χ1v) is 8.39. The molecule has 0 N–H and O–H groups in total.